The van der Waals surface area contributed by atoms with Crippen LogP contribution in [0.25, 0.3) is 22.3 Å². The molecule has 3 N–H and O–H groups in total. The molecular weight excluding hydrogens is 514 g/mol. The topological polar surface area (TPSA) is 104 Å². The second-order valence-electron chi connectivity index (χ2n) is 8.90. The van der Waals surface area contributed by atoms with Crippen LogP contribution in [0.1, 0.15) is 42.5 Å². The van der Waals surface area contributed by atoms with Crippen LogP contribution in [-0.4, -0.2) is 36.6 Å². The van der Waals surface area contributed by atoms with E-state index >= 15 is 4.39 Å². The van der Waals surface area contributed by atoms with E-state index in [-0.39, 0.29) is 50.1 Å². The van der Waals surface area contributed by atoms with Gasteiger partial charge in [0.15, 0.2) is 11.6 Å². The molecule has 0 fully saturated rings. The average Bonchev–Trinajstić information content (AvgIpc) is 2.84. The standard InChI is InChI=1S/C25H22ClF4N5O2/c1-11-18(26)22(35-20(23(29)30)14-6-12(10-36)4-5-15(14)27)21-17(33-11)7-16(28)19(34-21)13-8-31-24(32-9-13)25(2,3)37/h4-9,20,23,36-37H,10H2,1-3H3,(H,33,35). The van der Waals surface area contributed by atoms with E-state index in [4.69, 9.17) is 11.6 Å². The zero-order valence-electron chi connectivity index (χ0n) is 19.9. The lowest BCUT2D eigenvalue weighted by atomic mass is 10.0. The van der Waals surface area contributed by atoms with Crippen molar-refractivity contribution < 1.29 is 27.8 Å². The Hall–Kier alpha value is -3.41. The van der Waals surface area contributed by atoms with Gasteiger partial charge in [0.05, 0.1) is 28.5 Å². The fourth-order valence-corrected chi connectivity index (χ4v) is 3.91. The van der Waals surface area contributed by atoms with Crippen LogP contribution in [0.2, 0.25) is 5.02 Å². The number of nitrogens with zero attached hydrogens (tertiary/aromatic N) is 4. The molecule has 0 amide bonds. The second-order valence-corrected chi connectivity index (χ2v) is 9.28. The highest BCUT2D eigenvalue weighted by Crippen LogP contribution is 2.38. The molecule has 0 aliphatic rings. The Balaban J connectivity index is 1.87. The smallest absolute Gasteiger partial charge is 0.262 e. The third-order valence-corrected chi connectivity index (χ3v) is 6.08. The summed E-state index contributed by atoms with van der Waals surface area (Å²) in [5.41, 5.74) is -1.43. The molecule has 37 heavy (non-hydrogen) atoms. The van der Waals surface area contributed by atoms with Gasteiger partial charge in [-0.1, -0.05) is 17.7 Å². The fraction of sp³-hybridized carbons (Fsp3) is 0.280. The van der Waals surface area contributed by atoms with Gasteiger partial charge in [-0.25, -0.2) is 37.5 Å². The Morgan fingerprint density at radius 3 is 2.32 bits per heavy atom. The van der Waals surface area contributed by atoms with Crippen molar-refractivity contribution in [2.45, 2.75) is 45.4 Å². The molecular formula is C25H22ClF4N5O2. The zero-order valence-corrected chi connectivity index (χ0v) is 20.7. The summed E-state index contributed by atoms with van der Waals surface area (Å²) in [6.07, 6.45) is -0.553. The first-order valence-corrected chi connectivity index (χ1v) is 11.4. The van der Waals surface area contributed by atoms with Crippen molar-refractivity contribution in [3.05, 3.63) is 76.0 Å². The number of hydrogen-bond acceptors (Lipinski definition) is 7. The van der Waals surface area contributed by atoms with Gasteiger partial charge in [0.2, 0.25) is 0 Å². The Morgan fingerprint density at radius 2 is 1.73 bits per heavy atom. The van der Waals surface area contributed by atoms with Crippen LogP contribution in [0.3, 0.4) is 0 Å². The third-order valence-electron chi connectivity index (χ3n) is 5.62. The van der Waals surface area contributed by atoms with Crippen molar-refractivity contribution in [2.75, 3.05) is 5.32 Å². The van der Waals surface area contributed by atoms with Gasteiger partial charge in [-0.2, -0.15) is 0 Å². The molecule has 0 spiro atoms. The number of aromatic nitrogens is 4. The highest BCUT2D eigenvalue weighted by atomic mass is 35.5. The van der Waals surface area contributed by atoms with Crippen LogP contribution in [0.4, 0.5) is 23.2 Å². The number of benzene rings is 1. The summed E-state index contributed by atoms with van der Waals surface area (Å²) in [7, 11) is 0. The van der Waals surface area contributed by atoms with Crippen LogP contribution < -0.4 is 5.32 Å². The molecule has 1 atom stereocenters. The van der Waals surface area contributed by atoms with Gasteiger partial charge in [-0.05, 0) is 38.5 Å². The van der Waals surface area contributed by atoms with Gasteiger partial charge in [-0.15, -0.1) is 0 Å². The lowest BCUT2D eigenvalue weighted by Gasteiger charge is -2.23. The lowest BCUT2D eigenvalue weighted by Crippen LogP contribution is -2.21. The van der Waals surface area contributed by atoms with Crippen molar-refractivity contribution in [1.29, 1.82) is 0 Å². The van der Waals surface area contributed by atoms with E-state index in [2.05, 4.69) is 25.3 Å². The van der Waals surface area contributed by atoms with Crippen LogP contribution >= 0.6 is 11.6 Å². The Morgan fingerprint density at radius 1 is 1.05 bits per heavy atom. The molecule has 7 nitrogen and oxygen atoms in total. The summed E-state index contributed by atoms with van der Waals surface area (Å²) in [4.78, 5) is 16.6. The van der Waals surface area contributed by atoms with Gasteiger partial charge < -0.3 is 15.5 Å². The van der Waals surface area contributed by atoms with E-state index in [1.54, 1.807) is 0 Å². The first-order valence-electron chi connectivity index (χ1n) is 11.1. The predicted octanol–water partition coefficient (Wildman–Crippen LogP) is 5.46. The van der Waals surface area contributed by atoms with Crippen LogP contribution in [-0.2, 0) is 12.2 Å². The van der Waals surface area contributed by atoms with E-state index < -0.39 is 41.9 Å². The molecule has 3 aromatic heterocycles. The van der Waals surface area contributed by atoms with Crippen molar-refractivity contribution >= 4 is 28.3 Å². The van der Waals surface area contributed by atoms with Gasteiger partial charge in [0, 0.05) is 29.6 Å². The maximum Gasteiger partial charge on any atom is 0.262 e. The number of aryl methyl sites for hydroxylation is 1. The van der Waals surface area contributed by atoms with Crippen molar-refractivity contribution in [2.24, 2.45) is 0 Å². The van der Waals surface area contributed by atoms with E-state index in [1.807, 2.05) is 0 Å². The molecule has 194 valence electrons. The van der Waals surface area contributed by atoms with E-state index in [0.717, 1.165) is 18.2 Å². The Bertz CT molecular complexity index is 1460. The summed E-state index contributed by atoms with van der Waals surface area (Å²) < 4.78 is 58.0. The number of nitrogens with one attached hydrogen (secondary N) is 1. The first kappa shape index (κ1) is 26.6. The molecule has 0 bridgehead atoms. The first-order chi connectivity index (χ1) is 17.4. The van der Waals surface area contributed by atoms with Crippen molar-refractivity contribution in [3.63, 3.8) is 0 Å². The number of rotatable bonds is 7. The quantitative estimate of drug-likeness (QED) is 0.270. The van der Waals surface area contributed by atoms with Gasteiger partial charge >= 0.3 is 0 Å². The van der Waals surface area contributed by atoms with E-state index in [9.17, 15) is 23.4 Å². The minimum absolute atomic E-state index is 0.0253. The second kappa shape index (κ2) is 10.2. The molecule has 0 radical (unpaired) electrons. The SMILES string of the molecule is Cc1nc2cc(F)c(-c3cnc(C(C)(C)O)nc3)nc2c(NC(c2cc(CO)ccc2F)C(F)F)c1Cl. The number of alkyl halides is 2. The molecule has 0 aliphatic carbocycles. The van der Waals surface area contributed by atoms with Gasteiger partial charge in [-0.3, -0.25) is 0 Å². The number of aliphatic hydroxyl groups is 2. The molecule has 3 heterocycles. The summed E-state index contributed by atoms with van der Waals surface area (Å²) in [6.45, 7) is 4.01. The van der Waals surface area contributed by atoms with Crippen LogP contribution in [0.5, 0.6) is 0 Å². The number of aliphatic hydroxyl groups excluding tert-OH is 1. The summed E-state index contributed by atoms with van der Waals surface area (Å²) in [6, 6.07) is 2.59. The normalized spacial score (nSPS) is 12.8. The summed E-state index contributed by atoms with van der Waals surface area (Å²) in [5, 5.41) is 22.0. The van der Waals surface area contributed by atoms with Crippen molar-refractivity contribution in [1.82, 2.24) is 19.9 Å². The predicted molar refractivity (Wildman–Crippen MR) is 130 cm³/mol. The minimum Gasteiger partial charge on any atom is -0.392 e. The highest BCUT2D eigenvalue weighted by Gasteiger charge is 2.29. The van der Waals surface area contributed by atoms with Crippen LogP contribution in [0.15, 0.2) is 36.7 Å². The monoisotopic (exact) mass is 535 g/mol. The molecule has 12 heteroatoms. The van der Waals surface area contributed by atoms with E-state index in [0.29, 0.717) is 0 Å². The average molecular weight is 536 g/mol. The molecule has 0 saturated heterocycles. The van der Waals surface area contributed by atoms with E-state index in [1.165, 1.54) is 39.2 Å². The number of halogens is 5. The molecule has 1 aromatic carbocycles. The minimum atomic E-state index is -3.09. The molecule has 4 rings (SSSR count). The third kappa shape index (κ3) is 5.34. The molecule has 4 aromatic rings. The fourth-order valence-electron chi connectivity index (χ4n) is 3.73. The largest absolute Gasteiger partial charge is 0.392 e. The molecule has 1 unspecified atom stereocenters. The number of hydrogen-bond donors (Lipinski definition) is 3. The summed E-state index contributed by atoms with van der Waals surface area (Å²) in [5.74, 6) is -1.59. The Labute approximate surface area is 214 Å². The number of anilines is 1. The van der Waals surface area contributed by atoms with Crippen molar-refractivity contribution in [3.8, 4) is 11.3 Å². The molecule has 0 saturated carbocycles. The number of pyridine rings is 2. The van der Waals surface area contributed by atoms with Gasteiger partial charge in [0.1, 0.15) is 28.7 Å². The molecule has 0 aliphatic heterocycles. The highest BCUT2D eigenvalue weighted by molar-refractivity contribution is 6.35. The Kier molecular flexibility index (Phi) is 7.31. The van der Waals surface area contributed by atoms with Gasteiger partial charge in [0.25, 0.3) is 6.43 Å². The zero-order chi connectivity index (χ0) is 27.1. The lowest BCUT2D eigenvalue weighted by molar-refractivity contribution is 0.0687. The van der Waals surface area contributed by atoms with Crippen LogP contribution in [0, 0.1) is 18.6 Å². The summed E-state index contributed by atoms with van der Waals surface area (Å²) >= 11 is 6.43. The number of fused-ring (bicyclic) bond motifs is 1. The maximum absolute atomic E-state index is 15.0. The maximum atomic E-state index is 15.0.